The average Bonchev–Trinajstić information content (AvgIpc) is 3.64. The van der Waals surface area contributed by atoms with Crippen LogP contribution in [0.15, 0.2) is 60.8 Å². The molecule has 0 atom stereocenters. The van der Waals surface area contributed by atoms with E-state index in [4.69, 9.17) is 9.97 Å². The highest BCUT2D eigenvalue weighted by Crippen LogP contribution is 2.20. The SMILES string of the molecule is CCCc1nc(-n2ccnc2Cn2ccnc2)nc2c1[nH]c(=O)c1cnc(Cn3ccnc3)n12. The zero-order valence-corrected chi connectivity index (χ0v) is 18.4. The summed E-state index contributed by atoms with van der Waals surface area (Å²) >= 11 is 0. The molecule has 0 aliphatic rings. The molecule has 34 heavy (non-hydrogen) atoms. The Kier molecular flexibility index (Phi) is 4.75. The van der Waals surface area contributed by atoms with Crippen molar-refractivity contribution in [3.63, 3.8) is 0 Å². The van der Waals surface area contributed by atoms with Gasteiger partial charge in [-0.3, -0.25) is 13.8 Å². The molecule has 0 radical (unpaired) electrons. The summed E-state index contributed by atoms with van der Waals surface area (Å²) in [6, 6.07) is 0. The van der Waals surface area contributed by atoms with E-state index in [2.05, 4.69) is 31.8 Å². The summed E-state index contributed by atoms with van der Waals surface area (Å²) < 4.78 is 7.50. The predicted molar refractivity (Wildman–Crippen MR) is 123 cm³/mol. The van der Waals surface area contributed by atoms with Crippen molar-refractivity contribution in [3.8, 4) is 5.95 Å². The van der Waals surface area contributed by atoms with Crippen LogP contribution < -0.4 is 5.56 Å². The highest BCUT2D eigenvalue weighted by Gasteiger charge is 2.18. The van der Waals surface area contributed by atoms with Crippen LogP contribution >= 0.6 is 0 Å². The van der Waals surface area contributed by atoms with Gasteiger partial charge in [0, 0.05) is 37.2 Å². The van der Waals surface area contributed by atoms with Gasteiger partial charge in [-0.15, -0.1) is 0 Å². The van der Waals surface area contributed by atoms with Gasteiger partial charge in [-0.2, -0.15) is 4.98 Å². The molecular formula is C22H21N11O. The van der Waals surface area contributed by atoms with Gasteiger partial charge < -0.3 is 14.1 Å². The van der Waals surface area contributed by atoms with E-state index in [1.807, 2.05) is 36.7 Å². The third-order valence-corrected chi connectivity index (χ3v) is 5.66. The summed E-state index contributed by atoms with van der Waals surface area (Å²) in [5.74, 6) is 1.93. The molecule has 170 valence electrons. The maximum Gasteiger partial charge on any atom is 0.274 e. The van der Waals surface area contributed by atoms with E-state index < -0.39 is 0 Å². The van der Waals surface area contributed by atoms with E-state index in [1.54, 1.807) is 37.4 Å². The molecule has 0 aromatic carbocycles. The quantitative estimate of drug-likeness (QED) is 0.387. The van der Waals surface area contributed by atoms with Crippen LogP contribution in [-0.2, 0) is 19.5 Å². The molecule has 0 saturated heterocycles. The number of aromatic amines is 1. The van der Waals surface area contributed by atoms with E-state index in [9.17, 15) is 4.79 Å². The Morgan fingerprint density at radius 3 is 2.38 bits per heavy atom. The molecule has 0 fully saturated rings. The van der Waals surface area contributed by atoms with Crippen molar-refractivity contribution in [2.45, 2.75) is 32.9 Å². The van der Waals surface area contributed by atoms with Crippen molar-refractivity contribution in [1.82, 2.24) is 53.0 Å². The average molecular weight is 455 g/mol. The maximum atomic E-state index is 12.9. The van der Waals surface area contributed by atoms with Gasteiger partial charge in [-0.05, 0) is 6.42 Å². The Balaban J connectivity index is 1.58. The first-order valence-electron chi connectivity index (χ1n) is 10.9. The molecule has 6 heterocycles. The molecule has 12 nitrogen and oxygen atoms in total. The summed E-state index contributed by atoms with van der Waals surface area (Å²) in [5, 5.41) is 0. The van der Waals surface area contributed by atoms with Crippen LogP contribution in [0.4, 0.5) is 0 Å². The van der Waals surface area contributed by atoms with Crippen molar-refractivity contribution in [2.24, 2.45) is 0 Å². The minimum atomic E-state index is -0.228. The molecule has 0 aliphatic heterocycles. The third-order valence-electron chi connectivity index (χ3n) is 5.66. The Morgan fingerprint density at radius 2 is 1.68 bits per heavy atom. The van der Waals surface area contributed by atoms with Gasteiger partial charge in [0.05, 0.1) is 37.6 Å². The van der Waals surface area contributed by atoms with Gasteiger partial charge in [-0.1, -0.05) is 13.3 Å². The van der Waals surface area contributed by atoms with E-state index >= 15 is 0 Å². The smallest absolute Gasteiger partial charge is 0.274 e. The van der Waals surface area contributed by atoms with Crippen LogP contribution in [0.3, 0.4) is 0 Å². The normalized spacial score (nSPS) is 11.7. The van der Waals surface area contributed by atoms with E-state index in [1.165, 1.54) is 0 Å². The first-order chi connectivity index (χ1) is 16.7. The Labute approximate surface area is 192 Å². The van der Waals surface area contributed by atoms with Crippen molar-refractivity contribution in [1.29, 1.82) is 0 Å². The van der Waals surface area contributed by atoms with Gasteiger partial charge in [0.2, 0.25) is 5.95 Å². The molecule has 6 aromatic rings. The fraction of sp³-hybridized carbons (Fsp3) is 0.227. The van der Waals surface area contributed by atoms with Gasteiger partial charge in [0.15, 0.2) is 5.65 Å². The predicted octanol–water partition coefficient (Wildman–Crippen LogP) is 1.59. The van der Waals surface area contributed by atoms with Gasteiger partial charge in [-0.25, -0.2) is 24.9 Å². The Hall–Kier alpha value is -4.61. The molecule has 0 unspecified atom stereocenters. The summed E-state index contributed by atoms with van der Waals surface area (Å²) in [6.45, 7) is 3.05. The lowest BCUT2D eigenvalue weighted by Gasteiger charge is -2.13. The second-order valence-electron chi connectivity index (χ2n) is 7.95. The summed E-state index contributed by atoms with van der Waals surface area (Å²) in [6.07, 6.45) is 17.3. The molecular weight excluding hydrogens is 434 g/mol. The minimum Gasteiger partial charge on any atom is -0.330 e. The summed E-state index contributed by atoms with van der Waals surface area (Å²) in [7, 11) is 0. The van der Waals surface area contributed by atoms with Gasteiger partial charge in [0.25, 0.3) is 5.56 Å². The molecule has 0 aliphatic carbocycles. The molecule has 0 saturated carbocycles. The van der Waals surface area contributed by atoms with E-state index in [0.717, 1.165) is 17.9 Å². The van der Waals surface area contributed by atoms with Gasteiger partial charge in [0.1, 0.15) is 22.7 Å². The number of fused-ring (bicyclic) bond motifs is 3. The standard InChI is InChI=1S/C22H21N11O/c1-2-3-15-19-20(29-22(27-15)32-9-6-25-17(32)11-30-7-4-23-13-30)33-16(21(34)28-19)10-26-18(33)12-31-8-5-24-14-31/h4-10,13-14H,2-3,11-12H2,1H3,(H,28,34). The number of nitrogens with zero attached hydrogens (tertiary/aromatic N) is 10. The Morgan fingerprint density at radius 1 is 0.912 bits per heavy atom. The van der Waals surface area contributed by atoms with Crippen molar-refractivity contribution in [3.05, 3.63) is 83.7 Å². The van der Waals surface area contributed by atoms with Crippen LogP contribution in [0.5, 0.6) is 0 Å². The highest BCUT2D eigenvalue weighted by atomic mass is 16.1. The van der Waals surface area contributed by atoms with Crippen LogP contribution in [0.25, 0.3) is 22.6 Å². The summed E-state index contributed by atoms with van der Waals surface area (Å²) in [5.41, 5.74) is 2.18. The fourth-order valence-corrected chi connectivity index (χ4v) is 4.09. The second-order valence-corrected chi connectivity index (χ2v) is 7.95. The van der Waals surface area contributed by atoms with E-state index in [0.29, 0.717) is 48.0 Å². The molecule has 1 N–H and O–H groups in total. The van der Waals surface area contributed by atoms with Crippen LogP contribution in [0.2, 0.25) is 0 Å². The van der Waals surface area contributed by atoms with E-state index in [-0.39, 0.29) is 5.56 Å². The molecule has 0 amide bonds. The first kappa shape index (κ1) is 20.0. The number of hydrogen-bond donors (Lipinski definition) is 1. The first-order valence-corrected chi connectivity index (χ1v) is 10.9. The maximum absolute atomic E-state index is 12.9. The van der Waals surface area contributed by atoms with Crippen LogP contribution in [-0.4, -0.2) is 53.0 Å². The van der Waals surface area contributed by atoms with Crippen molar-refractivity contribution in [2.75, 3.05) is 0 Å². The van der Waals surface area contributed by atoms with Crippen LogP contribution in [0.1, 0.15) is 30.7 Å². The largest absolute Gasteiger partial charge is 0.330 e. The number of aryl methyl sites for hydroxylation is 1. The molecule has 0 spiro atoms. The lowest BCUT2D eigenvalue weighted by Crippen LogP contribution is -2.17. The number of nitrogens with one attached hydrogen (secondary N) is 1. The molecule has 6 aromatic heterocycles. The molecule has 0 bridgehead atoms. The zero-order chi connectivity index (χ0) is 23.1. The topological polar surface area (TPSA) is 129 Å². The minimum absolute atomic E-state index is 0.228. The second kappa shape index (κ2) is 8.06. The summed E-state index contributed by atoms with van der Waals surface area (Å²) in [4.78, 5) is 42.8. The Bertz CT molecular complexity index is 1640. The highest BCUT2D eigenvalue weighted by molar-refractivity contribution is 5.77. The van der Waals surface area contributed by atoms with Crippen molar-refractivity contribution < 1.29 is 0 Å². The lowest BCUT2D eigenvalue weighted by molar-refractivity contribution is 0.711. The van der Waals surface area contributed by atoms with Gasteiger partial charge >= 0.3 is 0 Å². The third kappa shape index (κ3) is 3.36. The number of H-pyrrole nitrogens is 1. The van der Waals surface area contributed by atoms with Crippen LogP contribution in [0, 0.1) is 0 Å². The number of aromatic nitrogens is 11. The number of imidazole rings is 4. The zero-order valence-electron chi connectivity index (χ0n) is 18.4. The molecule has 6 rings (SSSR count). The number of rotatable bonds is 7. The molecule has 12 heteroatoms. The number of hydrogen-bond acceptors (Lipinski definition) is 7. The lowest BCUT2D eigenvalue weighted by atomic mass is 10.2. The monoisotopic (exact) mass is 455 g/mol. The van der Waals surface area contributed by atoms with Crippen molar-refractivity contribution >= 4 is 16.7 Å². The fourth-order valence-electron chi connectivity index (χ4n) is 4.09.